The summed E-state index contributed by atoms with van der Waals surface area (Å²) in [7, 11) is 0. The lowest BCUT2D eigenvalue weighted by atomic mass is 9.96. The Hall–Kier alpha value is -2.47. The molecule has 2 atom stereocenters. The van der Waals surface area contributed by atoms with E-state index in [1.54, 1.807) is 4.90 Å². The van der Waals surface area contributed by atoms with Gasteiger partial charge in [-0.1, -0.05) is 38.5 Å². The predicted octanol–water partition coefficient (Wildman–Crippen LogP) is 3.54. The first kappa shape index (κ1) is 21.2. The van der Waals surface area contributed by atoms with E-state index in [0.717, 1.165) is 35.0 Å². The lowest BCUT2D eigenvalue weighted by molar-refractivity contribution is -0.146. The van der Waals surface area contributed by atoms with Crippen molar-refractivity contribution in [3.05, 3.63) is 41.1 Å². The van der Waals surface area contributed by atoms with Gasteiger partial charge in [-0.3, -0.25) is 9.78 Å². The van der Waals surface area contributed by atoms with Crippen molar-refractivity contribution in [2.45, 2.75) is 59.2 Å². The smallest absolute Gasteiger partial charge is 0.339 e. The van der Waals surface area contributed by atoms with Gasteiger partial charge in [-0.2, -0.15) is 0 Å². The van der Waals surface area contributed by atoms with Crippen LogP contribution in [0.5, 0.6) is 0 Å². The summed E-state index contributed by atoms with van der Waals surface area (Å²) in [4.78, 5) is 32.1. The van der Waals surface area contributed by atoms with E-state index in [0.29, 0.717) is 25.1 Å². The molecule has 3 rings (SSSR count). The number of aryl methyl sites for hydroxylation is 1. The Bertz CT molecular complexity index is 886. The number of morpholine rings is 1. The van der Waals surface area contributed by atoms with E-state index < -0.39 is 5.97 Å². The summed E-state index contributed by atoms with van der Waals surface area (Å²) < 4.78 is 11.2. The van der Waals surface area contributed by atoms with Gasteiger partial charge >= 0.3 is 5.97 Å². The number of ether oxygens (including phenoxy) is 2. The summed E-state index contributed by atoms with van der Waals surface area (Å²) in [5.74, 6) is -0.647. The molecule has 1 aromatic heterocycles. The third-order valence-corrected chi connectivity index (χ3v) is 5.22. The van der Waals surface area contributed by atoms with Gasteiger partial charge in [0.2, 0.25) is 0 Å². The molecule has 2 heterocycles. The van der Waals surface area contributed by atoms with Crippen LogP contribution in [-0.2, 0) is 27.1 Å². The molecule has 2 aromatic rings. The van der Waals surface area contributed by atoms with Crippen LogP contribution in [0.3, 0.4) is 0 Å². The number of para-hydroxylation sites is 1. The summed E-state index contributed by atoms with van der Waals surface area (Å²) in [5, 5.41) is 0.773. The minimum absolute atomic E-state index is 0.0224. The van der Waals surface area contributed by atoms with Gasteiger partial charge in [-0.15, -0.1) is 0 Å². The maximum atomic E-state index is 13.1. The highest BCUT2D eigenvalue weighted by atomic mass is 16.5. The van der Waals surface area contributed by atoms with Gasteiger partial charge < -0.3 is 14.4 Å². The Morgan fingerprint density at radius 2 is 1.86 bits per heavy atom. The Morgan fingerprint density at radius 3 is 2.52 bits per heavy atom. The van der Waals surface area contributed by atoms with Crippen molar-refractivity contribution in [3.63, 3.8) is 0 Å². The number of rotatable bonds is 6. The van der Waals surface area contributed by atoms with Gasteiger partial charge in [0.25, 0.3) is 5.91 Å². The maximum Gasteiger partial charge on any atom is 0.339 e. The zero-order valence-electron chi connectivity index (χ0n) is 17.7. The third-order valence-electron chi connectivity index (χ3n) is 5.22. The number of carbonyl (C=O) groups excluding carboxylic acids is 2. The van der Waals surface area contributed by atoms with Crippen LogP contribution in [0, 0.1) is 0 Å². The summed E-state index contributed by atoms with van der Waals surface area (Å²) in [6.45, 7) is 8.75. The van der Waals surface area contributed by atoms with E-state index in [9.17, 15) is 9.59 Å². The first-order valence-corrected chi connectivity index (χ1v) is 10.4. The average molecular weight is 399 g/mol. The summed E-state index contributed by atoms with van der Waals surface area (Å²) in [6, 6.07) is 7.60. The van der Waals surface area contributed by atoms with Crippen molar-refractivity contribution in [1.82, 2.24) is 9.88 Å². The highest BCUT2D eigenvalue weighted by molar-refractivity contribution is 6.05. The first-order chi connectivity index (χ1) is 13.9. The van der Waals surface area contributed by atoms with Crippen LogP contribution in [-0.4, -0.2) is 53.7 Å². The Balaban J connectivity index is 1.84. The third kappa shape index (κ3) is 4.75. The standard InChI is InChI=1S/C23H30N2O4/c1-5-9-19-17(6-2)22(18-10-7-8-11-20(18)24-19)23(27)28-14-21(26)25-12-15(3)29-16(4)13-25/h7-8,10-11,15-16H,5-6,9,12-14H2,1-4H3. The molecule has 1 aromatic carbocycles. The lowest BCUT2D eigenvalue weighted by Crippen LogP contribution is -2.49. The predicted molar refractivity (Wildman–Crippen MR) is 112 cm³/mol. The van der Waals surface area contributed by atoms with Gasteiger partial charge in [0.15, 0.2) is 6.61 Å². The minimum Gasteiger partial charge on any atom is -0.452 e. The molecule has 6 heteroatoms. The monoisotopic (exact) mass is 398 g/mol. The molecule has 156 valence electrons. The molecule has 1 amide bonds. The first-order valence-electron chi connectivity index (χ1n) is 10.4. The molecule has 0 saturated carbocycles. The molecule has 0 radical (unpaired) electrons. The number of benzene rings is 1. The molecule has 2 unspecified atom stereocenters. The van der Waals surface area contributed by atoms with Crippen LogP contribution in [0.2, 0.25) is 0 Å². The van der Waals surface area contributed by atoms with Crippen LogP contribution < -0.4 is 0 Å². The van der Waals surface area contributed by atoms with Crippen molar-refractivity contribution < 1.29 is 19.1 Å². The summed E-state index contributed by atoms with van der Waals surface area (Å²) in [6.07, 6.45) is 2.39. The fourth-order valence-corrected chi connectivity index (χ4v) is 4.03. The molecule has 0 bridgehead atoms. The lowest BCUT2D eigenvalue weighted by Gasteiger charge is -2.35. The molecular formula is C23H30N2O4. The second-order valence-electron chi connectivity index (χ2n) is 7.66. The Kier molecular flexibility index (Phi) is 6.85. The van der Waals surface area contributed by atoms with Crippen molar-refractivity contribution in [1.29, 1.82) is 0 Å². The van der Waals surface area contributed by atoms with E-state index in [-0.39, 0.29) is 24.7 Å². The molecule has 0 N–H and O–H groups in total. The Labute approximate surface area is 172 Å². The quantitative estimate of drug-likeness (QED) is 0.696. The second kappa shape index (κ2) is 9.35. The van der Waals surface area contributed by atoms with Crippen LogP contribution in [0.1, 0.15) is 55.7 Å². The molecule has 0 spiro atoms. The van der Waals surface area contributed by atoms with E-state index in [4.69, 9.17) is 14.5 Å². The normalized spacial score (nSPS) is 19.4. The van der Waals surface area contributed by atoms with Crippen LogP contribution in [0.15, 0.2) is 24.3 Å². The van der Waals surface area contributed by atoms with Gasteiger partial charge in [-0.05, 0) is 38.3 Å². The van der Waals surface area contributed by atoms with E-state index in [1.165, 1.54) is 0 Å². The van der Waals surface area contributed by atoms with Crippen molar-refractivity contribution in [2.24, 2.45) is 0 Å². The summed E-state index contributed by atoms with van der Waals surface area (Å²) in [5.41, 5.74) is 3.17. The van der Waals surface area contributed by atoms with Gasteiger partial charge in [0, 0.05) is 24.2 Å². The zero-order chi connectivity index (χ0) is 21.0. The van der Waals surface area contributed by atoms with Gasteiger partial charge in [0.05, 0.1) is 23.3 Å². The molecular weight excluding hydrogens is 368 g/mol. The molecule has 1 aliphatic heterocycles. The average Bonchev–Trinajstić information content (AvgIpc) is 2.70. The number of nitrogens with zero attached hydrogens (tertiary/aromatic N) is 2. The van der Waals surface area contributed by atoms with Crippen molar-refractivity contribution >= 4 is 22.8 Å². The topological polar surface area (TPSA) is 68.7 Å². The molecule has 1 saturated heterocycles. The fraction of sp³-hybridized carbons (Fsp3) is 0.522. The minimum atomic E-state index is -0.458. The largest absolute Gasteiger partial charge is 0.452 e. The molecule has 29 heavy (non-hydrogen) atoms. The van der Waals surface area contributed by atoms with Crippen LogP contribution >= 0.6 is 0 Å². The Morgan fingerprint density at radius 1 is 1.17 bits per heavy atom. The highest BCUT2D eigenvalue weighted by Gasteiger charge is 2.27. The number of amides is 1. The number of aromatic nitrogens is 1. The molecule has 0 aliphatic carbocycles. The van der Waals surface area contributed by atoms with E-state index in [1.807, 2.05) is 45.0 Å². The number of hydrogen-bond donors (Lipinski definition) is 0. The molecule has 1 fully saturated rings. The number of hydrogen-bond acceptors (Lipinski definition) is 5. The number of carbonyl (C=O) groups is 2. The number of fused-ring (bicyclic) bond motifs is 1. The SMILES string of the molecule is CCCc1nc2ccccc2c(C(=O)OCC(=O)N2CC(C)OC(C)C2)c1CC. The molecule has 1 aliphatic rings. The molecule has 6 nitrogen and oxygen atoms in total. The second-order valence-corrected chi connectivity index (χ2v) is 7.66. The summed E-state index contributed by atoms with van der Waals surface area (Å²) >= 11 is 0. The van der Waals surface area contributed by atoms with Crippen molar-refractivity contribution in [3.8, 4) is 0 Å². The zero-order valence-corrected chi connectivity index (χ0v) is 17.7. The van der Waals surface area contributed by atoms with E-state index in [2.05, 4.69) is 6.92 Å². The van der Waals surface area contributed by atoms with Crippen LogP contribution in [0.4, 0.5) is 0 Å². The maximum absolute atomic E-state index is 13.1. The van der Waals surface area contributed by atoms with Gasteiger partial charge in [-0.25, -0.2) is 4.79 Å². The van der Waals surface area contributed by atoms with Gasteiger partial charge in [0.1, 0.15) is 0 Å². The van der Waals surface area contributed by atoms with Crippen LogP contribution in [0.25, 0.3) is 10.9 Å². The van der Waals surface area contributed by atoms with Crippen molar-refractivity contribution in [2.75, 3.05) is 19.7 Å². The van der Waals surface area contributed by atoms with E-state index >= 15 is 0 Å². The number of pyridine rings is 1. The fourth-order valence-electron chi connectivity index (χ4n) is 4.03. The highest BCUT2D eigenvalue weighted by Crippen LogP contribution is 2.26. The number of esters is 1.